The van der Waals surface area contributed by atoms with Crippen LogP contribution in [0.25, 0.3) is 0 Å². The first-order valence-electron chi connectivity index (χ1n) is 5.33. The predicted molar refractivity (Wildman–Crippen MR) is 60.8 cm³/mol. The second-order valence-corrected chi connectivity index (χ2v) is 3.99. The second kappa shape index (κ2) is 5.88. The number of ether oxygens (including phenoxy) is 1. The van der Waals surface area contributed by atoms with E-state index in [0.717, 1.165) is 12.8 Å². The summed E-state index contributed by atoms with van der Waals surface area (Å²) in [5.74, 6) is 0. The normalized spacial score (nSPS) is 15.2. The van der Waals surface area contributed by atoms with Crippen LogP contribution in [-0.2, 0) is 18.2 Å². The molecule has 0 aliphatic rings. The summed E-state index contributed by atoms with van der Waals surface area (Å²) in [5.41, 5.74) is 1.26. The molecule has 1 aromatic heterocycles. The lowest BCUT2D eigenvalue weighted by Gasteiger charge is -2.18. The van der Waals surface area contributed by atoms with Crippen molar-refractivity contribution >= 4 is 0 Å². The highest BCUT2D eigenvalue weighted by Gasteiger charge is 2.12. The average molecular weight is 211 g/mol. The number of likely N-dealkylation sites (N-methyl/N-ethyl adjacent to an activating group) is 1. The van der Waals surface area contributed by atoms with E-state index in [1.54, 1.807) is 7.11 Å². The maximum absolute atomic E-state index is 5.26. The predicted octanol–water partition coefficient (Wildman–Crippen LogP) is 0.976. The second-order valence-electron chi connectivity index (χ2n) is 3.99. The van der Waals surface area contributed by atoms with Crippen LogP contribution in [-0.4, -0.2) is 36.1 Å². The summed E-state index contributed by atoms with van der Waals surface area (Å²) >= 11 is 0. The fourth-order valence-corrected chi connectivity index (χ4v) is 1.66. The Balaban J connectivity index is 2.46. The van der Waals surface area contributed by atoms with Crippen LogP contribution in [0, 0.1) is 0 Å². The first-order valence-corrected chi connectivity index (χ1v) is 5.33. The summed E-state index contributed by atoms with van der Waals surface area (Å²) < 4.78 is 7.10. The van der Waals surface area contributed by atoms with Crippen molar-refractivity contribution in [2.45, 2.75) is 31.9 Å². The van der Waals surface area contributed by atoms with E-state index >= 15 is 0 Å². The van der Waals surface area contributed by atoms with Crippen molar-refractivity contribution in [2.24, 2.45) is 7.05 Å². The fourth-order valence-electron chi connectivity index (χ4n) is 1.66. The van der Waals surface area contributed by atoms with Gasteiger partial charge in [0.15, 0.2) is 0 Å². The van der Waals surface area contributed by atoms with Gasteiger partial charge in [-0.2, -0.15) is 5.10 Å². The molecule has 0 saturated heterocycles. The molecule has 15 heavy (non-hydrogen) atoms. The number of hydrogen-bond donors (Lipinski definition) is 1. The number of nitrogens with zero attached hydrogens (tertiary/aromatic N) is 2. The number of hydrogen-bond acceptors (Lipinski definition) is 3. The van der Waals surface area contributed by atoms with Crippen LogP contribution in [0.2, 0.25) is 0 Å². The molecule has 0 amide bonds. The first-order chi connectivity index (χ1) is 7.15. The molecule has 86 valence electrons. The van der Waals surface area contributed by atoms with Crippen molar-refractivity contribution in [3.05, 3.63) is 18.0 Å². The Kier molecular flexibility index (Phi) is 4.78. The third-order valence-electron chi connectivity index (χ3n) is 2.67. The fraction of sp³-hybridized carbons (Fsp3) is 0.727. The summed E-state index contributed by atoms with van der Waals surface area (Å²) in [6, 6.07) is 0.448. The lowest BCUT2D eigenvalue weighted by Crippen LogP contribution is -2.31. The van der Waals surface area contributed by atoms with Gasteiger partial charge in [0, 0.05) is 26.4 Å². The first kappa shape index (κ1) is 12.2. The quantitative estimate of drug-likeness (QED) is 0.762. The van der Waals surface area contributed by atoms with E-state index in [1.165, 1.54) is 5.56 Å². The highest BCUT2D eigenvalue weighted by molar-refractivity contribution is 5.05. The van der Waals surface area contributed by atoms with Crippen molar-refractivity contribution in [3.8, 4) is 0 Å². The maximum atomic E-state index is 5.26. The average Bonchev–Trinajstić information content (AvgIpc) is 2.62. The van der Waals surface area contributed by atoms with Gasteiger partial charge in [0.2, 0.25) is 0 Å². The van der Waals surface area contributed by atoms with Gasteiger partial charge >= 0.3 is 0 Å². The molecular weight excluding hydrogens is 190 g/mol. The molecule has 0 spiro atoms. The summed E-state index contributed by atoms with van der Waals surface area (Å²) in [6.07, 6.45) is 6.28. The largest absolute Gasteiger partial charge is 0.382 e. The Labute approximate surface area is 91.6 Å². The Morgan fingerprint density at radius 3 is 2.80 bits per heavy atom. The SMILES string of the molecule is CNC(Cc1cnn(C)c1)CC(C)OC. The molecule has 0 saturated carbocycles. The van der Waals surface area contributed by atoms with E-state index in [9.17, 15) is 0 Å². The summed E-state index contributed by atoms with van der Waals surface area (Å²) in [6.45, 7) is 2.09. The molecule has 1 heterocycles. The van der Waals surface area contributed by atoms with Gasteiger partial charge in [-0.3, -0.25) is 4.68 Å². The summed E-state index contributed by atoms with van der Waals surface area (Å²) in [4.78, 5) is 0. The molecule has 0 aliphatic heterocycles. The minimum atomic E-state index is 0.291. The van der Waals surface area contributed by atoms with E-state index < -0.39 is 0 Å². The third kappa shape index (κ3) is 4.01. The monoisotopic (exact) mass is 211 g/mol. The molecular formula is C11H21N3O. The topological polar surface area (TPSA) is 39.1 Å². The summed E-state index contributed by atoms with van der Waals surface area (Å²) in [5, 5.41) is 7.47. The van der Waals surface area contributed by atoms with Gasteiger partial charge in [-0.25, -0.2) is 0 Å². The van der Waals surface area contributed by atoms with E-state index in [4.69, 9.17) is 4.74 Å². The van der Waals surface area contributed by atoms with Crippen LogP contribution in [0.4, 0.5) is 0 Å². The van der Waals surface area contributed by atoms with Crippen molar-refractivity contribution < 1.29 is 4.74 Å². The molecule has 0 radical (unpaired) electrons. The lowest BCUT2D eigenvalue weighted by atomic mass is 10.0. The minimum Gasteiger partial charge on any atom is -0.382 e. The Bertz CT molecular complexity index is 285. The molecule has 0 bridgehead atoms. The summed E-state index contributed by atoms with van der Waals surface area (Å²) in [7, 11) is 5.68. The molecule has 0 fully saturated rings. The van der Waals surface area contributed by atoms with Crippen LogP contribution in [0.1, 0.15) is 18.9 Å². The zero-order valence-corrected chi connectivity index (χ0v) is 10.0. The zero-order chi connectivity index (χ0) is 11.3. The van der Waals surface area contributed by atoms with Gasteiger partial charge in [-0.15, -0.1) is 0 Å². The van der Waals surface area contributed by atoms with Gasteiger partial charge < -0.3 is 10.1 Å². The van der Waals surface area contributed by atoms with Gasteiger partial charge in [-0.05, 0) is 32.4 Å². The van der Waals surface area contributed by atoms with Crippen LogP contribution >= 0.6 is 0 Å². The van der Waals surface area contributed by atoms with Crippen LogP contribution in [0.15, 0.2) is 12.4 Å². The van der Waals surface area contributed by atoms with Gasteiger partial charge in [-0.1, -0.05) is 0 Å². The Morgan fingerprint density at radius 1 is 1.60 bits per heavy atom. The number of aromatic nitrogens is 2. The molecule has 1 aromatic rings. The maximum Gasteiger partial charge on any atom is 0.0558 e. The highest BCUT2D eigenvalue weighted by atomic mass is 16.5. The molecule has 4 heteroatoms. The van der Waals surface area contributed by atoms with Crippen LogP contribution in [0.3, 0.4) is 0 Å². The molecule has 2 atom stereocenters. The third-order valence-corrected chi connectivity index (χ3v) is 2.67. The minimum absolute atomic E-state index is 0.291. The zero-order valence-electron chi connectivity index (χ0n) is 10.0. The van der Waals surface area contributed by atoms with Gasteiger partial charge in [0.05, 0.1) is 12.3 Å². The van der Waals surface area contributed by atoms with E-state index in [2.05, 4.69) is 23.5 Å². The lowest BCUT2D eigenvalue weighted by molar-refractivity contribution is 0.101. The van der Waals surface area contributed by atoms with Gasteiger partial charge in [0.25, 0.3) is 0 Å². The van der Waals surface area contributed by atoms with E-state index in [1.807, 2.05) is 25.0 Å². The number of rotatable bonds is 6. The Morgan fingerprint density at radius 2 is 2.33 bits per heavy atom. The van der Waals surface area contributed by atoms with Gasteiger partial charge in [0.1, 0.15) is 0 Å². The van der Waals surface area contributed by atoms with Crippen LogP contribution < -0.4 is 5.32 Å². The van der Waals surface area contributed by atoms with Crippen molar-refractivity contribution in [3.63, 3.8) is 0 Å². The smallest absolute Gasteiger partial charge is 0.0558 e. The van der Waals surface area contributed by atoms with Crippen molar-refractivity contribution in [1.29, 1.82) is 0 Å². The van der Waals surface area contributed by atoms with E-state index in [-0.39, 0.29) is 0 Å². The number of aryl methyl sites for hydroxylation is 1. The van der Waals surface area contributed by atoms with Crippen molar-refractivity contribution in [1.82, 2.24) is 15.1 Å². The molecule has 4 nitrogen and oxygen atoms in total. The molecule has 1 rings (SSSR count). The molecule has 2 unspecified atom stereocenters. The molecule has 1 N–H and O–H groups in total. The number of nitrogens with one attached hydrogen (secondary N) is 1. The Hall–Kier alpha value is -0.870. The number of methoxy groups -OCH3 is 1. The molecule has 0 aromatic carbocycles. The molecule has 0 aliphatic carbocycles. The van der Waals surface area contributed by atoms with E-state index in [0.29, 0.717) is 12.1 Å². The standard InChI is InChI=1S/C11H21N3O/c1-9(15-4)5-11(12-2)6-10-7-13-14(3)8-10/h7-9,11-12H,5-6H2,1-4H3. The highest BCUT2D eigenvalue weighted by Crippen LogP contribution is 2.08. The van der Waals surface area contributed by atoms with Crippen molar-refractivity contribution in [2.75, 3.05) is 14.2 Å². The van der Waals surface area contributed by atoms with Crippen LogP contribution in [0.5, 0.6) is 0 Å².